The lowest BCUT2D eigenvalue weighted by Crippen LogP contribution is -1.90. The molecule has 0 saturated heterocycles. The Labute approximate surface area is 110 Å². The van der Waals surface area contributed by atoms with E-state index in [-0.39, 0.29) is 5.78 Å². The number of H-pyrrole nitrogens is 1. The predicted molar refractivity (Wildman–Crippen MR) is 69.8 cm³/mol. The van der Waals surface area contributed by atoms with E-state index in [2.05, 4.69) is 10.2 Å². The molecule has 5 heteroatoms. The molecule has 1 N–H and O–H groups in total. The van der Waals surface area contributed by atoms with E-state index in [0.29, 0.717) is 15.6 Å². The molecule has 0 saturated carbocycles. The zero-order valence-corrected chi connectivity index (χ0v) is 11.0. The number of hydrogen-bond acceptors (Lipinski definition) is 2. The molecular formula is C12H12Cl2N2O. The van der Waals surface area contributed by atoms with Gasteiger partial charge in [-0.15, -0.1) is 0 Å². The Kier molecular flexibility index (Phi) is 5.19. The number of aromatic amines is 1. The van der Waals surface area contributed by atoms with Crippen molar-refractivity contribution in [2.45, 2.75) is 13.8 Å². The number of carbonyl (C=O) groups excluding carboxylic acids is 1. The number of Topliss-reactive ketones (excluding diaryl/α,β-unsaturated/α-hetero) is 1. The lowest BCUT2D eigenvalue weighted by molar-refractivity contribution is 0.101. The van der Waals surface area contributed by atoms with Gasteiger partial charge in [-0.3, -0.25) is 9.89 Å². The fraction of sp³-hybridized carbons (Fsp3) is 0.167. The Morgan fingerprint density at radius 1 is 1.24 bits per heavy atom. The van der Waals surface area contributed by atoms with Gasteiger partial charge in [0.05, 0.1) is 10.0 Å². The van der Waals surface area contributed by atoms with Gasteiger partial charge in [0.15, 0.2) is 5.78 Å². The van der Waals surface area contributed by atoms with Gasteiger partial charge in [-0.05, 0) is 38.1 Å². The number of ketones is 1. The molecule has 0 aliphatic heterocycles. The van der Waals surface area contributed by atoms with E-state index < -0.39 is 0 Å². The van der Waals surface area contributed by atoms with Crippen LogP contribution in [0.3, 0.4) is 0 Å². The van der Waals surface area contributed by atoms with Crippen LogP contribution in [0.5, 0.6) is 0 Å². The Bertz CT molecular complexity index is 495. The smallest absolute Gasteiger partial charge is 0.159 e. The number of rotatable bonds is 1. The summed E-state index contributed by atoms with van der Waals surface area (Å²) in [6, 6.07) is 6.74. The molecule has 0 amide bonds. The van der Waals surface area contributed by atoms with Crippen LogP contribution in [-0.4, -0.2) is 16.0 Å². The summed E-state index contributed by atoms with van der Waals surface area (Å²) in [7, 11) is 0. The predicted octanol–water partition coefficient (Wildman–Crippen LogP) is 3.91. The number of halogens is 2. The average Bonchev–Trinajstić information content (AvgIpc) is 2.74. The highest BCUT2D eigenvalue weighted by atomic mass is 35.5. The number of hydrogen-bond donors (Lipinski definition) is 1. The second-order valence-corrected chi connectivity index (χ2v) is 4.24. The summed E-state index contributed by atoms with van der Waals surface area (Å²) in [5.41, 5.74) is 1.69. The van der Waals surface area contributed by atoms with Gasteiger partial charge >= 0.3 is 0 Å². The Balaban J connectivity index is 0.000000202. The van der Waals surface area contributed by atoms with Crippen molar-refractivity contribution in [3.05, 3.63) is 51.8 Å². The highest BCUT2D eigenvalue weighted by Crippen LogP contribution is 2.22. The minimum atomic E-state index is -0.0106. The van der Waals surface area contributed by atoms with Crippen molar-refractivity contribution in [1.82, 2.24) is 10.2 Å². The number of aromatic nitrogens is 2. The topological polar surface area (TPSA) is 45.8 Å². The molecule has 0 spiro atoms. The number of benzene rings is 1. The van der Waals surface area contributed by atoms with E-state index in [1.165, 1.54) is 6.92 Å². The highest BCUT2D eigenvalue weighted by molar-refractivity contribution is 6.42. The zero-order chi connectivity index (χ0) is 12.8. The maximum Gasteiger partial charge on any atom is 0.159 e. The van der Waals surface area contributed by atoms with E-state index in [0.717, 1.165) is 5.69 Å². The summed E-state index contributed by atoms with van der Waals surface area (Å²) in [5, 5.41) is 7.33. The minimum Gasteiger partial charge on any atom is -0.295 e. The summed E-state index contributed by atoms with van der Waals surface area (Å²) in [5.74, 6) is -0.0106. The molecule has 90 valence electrons. The van der Waals surface area contributed by atoms with Crippen LogP contribution in [0, 0.1) is 6.92 Å². The van der Waals surface area contributed by atoms with E-state index >= 15 is 0 Å². The molecule has 3 nitrogen and oxygen atoms in total. The summed E-state index contributed by atoms with van der Waals surface area (Å²) in [4.78, 5) is 10.8. The van der Waals surface area contributed by atoms with Crippen LogP contribution in [0.4, 0.5) is 0 Å². The van der Waals surface area contributed by atoms with Gasteiger partial charge in [-0.1, -0.05) is 23.2 Å². The first-order valence-corrected chi connectivity index (χ1v) is 5.68. The van der Waals surface area contributed by atoms with E-state index in [9.17, 15) is 4.79 Å². The molecule has 0 aliphatic carbocycles. The van der Waals surface area contributed by atoms with Crippen LogP contribution in [0.2, 0.25) is 10.0 Å². The van der Waals surface area contributed by atoms with Crippen molar-refractivity contribution in [3.63, 3.8) is 0 Å². The first-order valence-electron chi connectivity index (χ1n) is 4.92. The quantitative estimate of drug-likeness (QED) is 0.799. The fourth-order valence-corrected chi connectivity index (χ4v) is 1.34. The van der Waals surface area contributed by atoms with Crippen molar-refractivity contribution in [2.24, 2.45) is 0 Å². The van der Waals surface area contributed by atoms with Gasteiger partial charge in [0, 0.05) is 17.5 Å². The molecule has 0 bridgehead atoms. The second-order valence-electron chi connectivity index (χ2n) is 3.42. The molecule has 0 fully saturated rings. The van der Waals surface area contributed by atoms with Crippen LogP contribution in [0.15, 0.2) is 30.5 Å². The molecule has 1 heterocycles. The third-order valence-electron chi connectivity index (χ3n) is 1.97. The third-order valence-corrected chi connectivity index (χ3v) is 2.71. The summed E-state index contributed by atoms with van der Waals surface area (Å²) in [6.07, 6.45) is 1.73. The monoisotopic (exact) mass is 270 g/mol. The lowest BCUT2D eigenvalue weighted by Gasteiger charge is -1.97. The van der Waals surface area contributed by atoms with Crippen LogP contribution >= 0.6 is 23.2 Å². The first kappa shape index (κ1) is 13.7. The van der Waals surface area contributed by atoms with Crippen LogP contribution < -0.4 is 0 Å². The summed E-state index contributed by atoms with van der Waals surface area (Å²) in [6.45, 7) is 3.45. The van der Waals surface area contributed by atoms with Gasteiger partial charge in [0.2, 0.25) is 0 Å². The molecule has 0 radical (unpaired) electrons. The zero-order valence-electron chi connectivity index (χ0n) is 9.50. The first-order chi connectivity index (χ1) is 8.00. The van der Waals surface area contributed by atoms with Crippen molar-refractivity contribution < 1.29 is 4.79 Å². The van der Waals surface area contributed by atoms with Gasteiger partial charge < -0.3 is 0 Å². The van der Waals surface area contributed by atoms with E-state index in [4.69, 9.17) is 23.2 Å². The summed E-state index contributed by atoms with van der Waals surface area (Å²) >= 11 is 11.3. The molecule has 0 aliphatic rings. The molecular weight excluding hydrogens is 259 g/mol. The van der Waals surface area contributed by atoms with Gasteiger partial charge in [0.1, 0.15) is 0 Å². The van der Waals surface area contributed by atoms with E-state index in [1.54, 1.807) is 24.4 Å². The second kappa shape index (κ2) is 6.42. The standard InChI is InChI=1S/C8H6Cl2O.C4H6N2/c1-5(11)6-2-3-7(9)8(10)4-6;1-4-2-3-5-6-4/h2-4H,1H3;2-3H,1H3,(H,5,6). The van der Waals surface area contributed by atoms with Crippen LogP contribution in [0.1, 0.15) is 23.0 Å². The Hall–Kier alpha value is -1.32. The third kappa shape index (κ3) is 4.59. The highest BCUT2D eigenvalue weighted by Gasteiger charge is 2.01. The molecule has 1 aromatic heterocycles. The molecule has 0 unspecified atom stereocenters. The van der Waals surface area contributed by atoms with Crippen LogP contribution in [0.25, 0.3) is 0 Å². The summed E-state index contributed by atoms with van der Waals surface area (Å²) < 4.78 is 0. The number of carbonyl (C=O) groups is 1. The number of nitrogens with zero attached hydrogens (tertiary/aromatic N) is 1. The minimum absolute atomic E-state index is 0.0106. The normalized spacial score (nSPS) is 9.41. The lowest BCUT2D eigenvalue weighted by atomic mass is 10.1. The Morgan fingerprint density at radius 3 is 2.29 bits per heavy atom. The van der Waals surface area contributed by atoms with Crippen molar-refractivity contribution in [1.29, 1.82) is 0 Å². The van der Waals surface area contributed by atoms with Crippen molar-refractivity contribution in [2.75, 3.05) is 0 Å². The molecule has 1 aromatic carbocycles. The molecule has 0 atom stereocenters. The Morgan fingerprint density at radius 2 is 1.94 bits per heavy atom. The number of nitrogens with one attached hydrogen (secondary N) is 1. The average molecular weight is 271 g/mol. The molecule has 17 heavy (non-hydrogen) atoms. The van der Waals surface area contributed by atoms with Crippen molar-refractivity contribution in [3.8, 4) is 0 Å². The molecule has 2 rings (SSSR count). The largest absolute Gasteiger partial charge is 0.295 e. The molecule has 2 aromatic rings. The fourth-order valence-electron chi connectivity index (χ4n) is 1.04. The van der Waals surface area contributed by atoms with Gasteiger partial charge in [-0.25, -0.2) is 0 Å². The van der Waals surface area contributed by atoms with Gasteiger partial charge in [0.25, 0.3) is 0 Å². The maximum absolute atomic E-state index is 10.8. The van der Waals surface area contributed by atoms with Crippen molar-refractivity contribution >= 4 is 29.0 Å². The van der Waals surface area contributed by atoms with Crippen LogP contribution in [-0.2, 0) is 0 Å². The number of aryl methyl sites for hydroxylation is 1. The SMILES string of the molecule is CC(=O)c1ccc(Cl)c(Cl)c1.Cc1ccn[nH]1. The van der Waals surface area contributed by atoms with Gasteiger partial charge in [-0.2, -0.15) is 5.10 Å². The maximum atomic E-state index is 10.8. The van der Waals surface area contributed by atoms with E-state index in [1.807, 2.05) is 13.0 Å².